The average molecular weight is 202 g/mol. The topological polar surface area (TPSA) is 55.1 Å². The van der Waals surface area contributed by atoms with Crippen LogP contribution in [0.15, 0.2) is 24.5 Å². The number of nitrogens with zero attached hydrogens (tertiary/aromatic N) is 2. The predicted molar refractivity (Wildman–Crippen MR) is 55.0 cm³/mol. The molecule has 0 aliphatic heterocycles. The quantitative estimate of drug-likeness (QED) is 0.811. The van der Waals surface area contributed by atoms with Gasteiger partial charge in [0.1, 0.15) is 0 Å². The van der Waals surface area contributed by atoms with Crippen molar-refractivity contribution in [1.82, 2.24) is 9.55 Å². The first-order chi connectivity index (χ1) is 7.25. The van der Waals surface area contributed by atoms with Crippen molar-refractivity contribution in [2.45, 2.75) is 18.9 Å². The molecule has 1 aromatic heterocycles. The number of imidazole rings is 1. The zero-order chi connectivity index (χ0) is 10.4. The zero-order valence-corrected chi connectivity index (χ0v) is 8.05. The predicted octanol–water partition coefficient (Wildman–Crippen LogP) is 2.07. The van der Waals surface area contributed by atoms with Crippen LogP contribution in [0.1, 0.15) is 29.2 Å². The molecular formula is C11H10N2O2. The lowest BCUT2D eigenvalue weighted by atomic mass is 10.2. The second kappa shape index (κ2) is 2.82. The van der Waals surface area contributed by atoms with E-state index < -0.39 is 5.97 Å². The van der Waals surface area contributed by atoms with Gasteiger partial charge < -0.3 is 9.67 Å². The van der Waals surface area contributed by atoms with E-state index in [1.807, 2.05) is 0 Å². The molecular weight excluding hydrogens is 192 g/mol. The van der Waals surface area contributed by atoms with Gasteiger partial charge in [0.25, 0.3) is 0 Å². The molecule has 1 aliphatic rings. The van der Waals surface area contributed by atoms with Crippen molar-refractivity contribution in [3.63, 3.8) is 0 Å². The Morgan fingerprint density at radius 3 is 2.93 bits per heavy atom. The summed E-state index contributed by atoms with van der Waals surface area (Å²) >= 11 is 0. The van der Waals surface area contributed by atoms with E-state index in [1.165, 1.54) is 12.8 Å². The maximum atomic E-state index is 10.8. The van der Waals surface area contributed by atoms with Crippen LogP contribution < -0.4 is 0 Å². The molecule has 1 aliphatic carbocycles. The van der Waals surface area contributed by atoms with E-state index in [1.54, 1.807) is 24.5 Å². The van der Waals surface area contributed by atoms with Crippen molar-refractivity contribution in [2.24, 2.45) is 0 Å². The van der Waals surface area contributed by atoms with E-state index in [2.05, 4.69) is 9.55 Å². The van der Waals surface area contributed by atoms with Crippen LogP contribution in [0, 0.1) is 0 Å². The minimum Gasteiger partial charge on any atom is -0.478 e. The van der Waals surface area contributed by atoms with Crippen molar-refractivity contribution in [2.75, 3.05) is 0 Å². The molecule has 1 N–H and O–H groups in total. The number of aromatic carboxylic acids is 1. The summed E-state index contributed by atoms with van der Waals surface area (Å²) < 4.78 is 2.07. The number of carbonyl (C=O) groups is 1. The summed E-state index contributed by atoms with van der Waals surface area (Å²) in [6, 6.07) is 5.58. The van der Waals surface area contributed by atoms with Gasteiger partial charge in [-0.15, -0.1) is 0 Å². The molecule has 0 amide bonds. The molecule has 2 aromatic rings. The monoisotopic (exact) mass is 202 g/mol. The van der Waals surface area contributed by atoms with Crippen LogP contribution in [-0.4, -0.2) is 20.6 Å². The van der Waals surface area contributed by atoms with Crippen LogP contribution in [0.25, 0.3) is 11.0 Å². The molecule has 0 unspecified atom stereocenters. The molecule has 1 heterocycles. The molecule has 0 bridgehead atoms. The number of hydrogen-bond acceptors (Lipinski definition) is 2. The SMILES string of the molecule is O=C(O)c1ccc2ncn(C3CC3)c2c1. The molecule has 0 atom stereocenters. The molecule has 76 valence electrons. The van der Waals surface area contributed by atoms with Crippen LogP contribution in [0.4, 0.5) is 0 Å². The highest BCUT2D eigenvalue weighted by Crippen LogP contribution is 2.37. The second-order valence-electron chi connectivity index (χ2n) is 3.89. The molecule has 4 heteroatoms. The average Bonchev–Trinajstić information content (AvgIpc) is 2.98. The van der Waals surface area contributed by atoms with Crippen molar-refractivity contribution in [1.29, 1.82) is 0 Å². The normalized spacial score (nSPS) is 15.7. The van der Waals surface area contributed by atoms with E-state index >= 15 is 0 Å². The number of aromatic nitrogens is 2. The Hall–Kier alpha value is -1.84. The molecule has 0 radical (unpaired) electrons. The van der Waals surface area contributed by atoms with Crippen molar-refractivity contribution < 1.29 is 9.90 Å². The first-order valence-corrected chi connectivity index (χ1v) is 4.95. The van der Waals surface area contributed by atoms with Gasteiger partial charge >= 0.3 is 5.97 Å². The summed E-state index contributed by atoms with van der Waals surface area (Å²) in [6.45, 7) is 0. The highest BCUT2D eigenvalue weighted by atomic mass is 16.4. The minimum absolute atomic E-state index is 0.324. The van der Waals surface area contributed by atoms with Gasteiger partial charge in [-0.1, -0.05) is 0 Å². The van der Waals surface area contributed by atoms with Crippen LogP contribution in [-0.2, 0) is 0 Å². The van der Waals surface area contributed by atoms with Gasteiger partial charge in [0.05, 0.1) is 22.9 Å². The lowest BCUT2D eigenvalue weighted by Crippen LogP contribution is -1.97. The van der Waals surface area contributed by atoms with Gasteiger partial charge in [-0.2, -0.15) is 0 Å². The third-order valence-corrected chi connectivity index (χ3v) is 2.76. The first-order valence-electron chi connectivity index (χ1n) is 4.95. The van der Waals surface area contributed by atoms with Gasteiger partial charge in [0.2, 0.25) is 0 Å². The van der Waals surface area contributed by atoms with Gasteiger partial charge in [-0.25, -0.2) is 9.78 Å². The summed E-state index contributed by atoms with van der Waals surface area (Å²) in [5.74, 6) is -0.888. The molecule has 15 heavy (non-hydrogen) atoms. The van der Waals surface area contributed by atoms with Gasteiger partial charge in [0, 0.05) is 6.04 Å². The molecule has 3 rings (SSSR count). The molecule has 1 saturated carbocycles. The Morgan fingerprint density at radius 1 is 1.47 bits per heavy atom. The molecule has 1 aromatic carbocycles. The Bertz CT molecular complexity index is 541. The van der Waals surface area contributed by atoms with Gasteiger partial charge in [-0.3, -0.25) is 0 Å². The van der Waals surface area contributed by atoms with E-state index in [9.17, 15) is 4.79 Å². The molecule has 1 fully saturated rings. The lowest BCUT2D eigenvalue weighted by Gasteiger charge is -2.01. The van der Waals surface area contributed by atoms with Gasteiger partial charge in [0.15, 0.2) is 0 Å². The Labute approximate surface area is 86.2 Å². The summed E-state index contributed by atoms with van der Waals surface area (Å²) in [4.78, 5) is 15.1. The zero-order valence-electron chi connectivity index (χ0n) is 8.05. The van der Waals surface area contributed by atoms with Crippen LogP contribution in [0.2, 0.25) is 0 Å². The third-order valence-electron chi connectivity index (χ3n) is 2.76. The fraction of sp³-hybridized carbons (Fsp3) is 0.273. The number of carboxylic acids is 1. The molecule has 0 saturated heterocycles. The van der Waals surface area contributed by atoms with Gasteiger partial charge in [-0.05, 0) is 31.0 Å². The van der Waals surface area contributed by atoms with Crippen LogP contribution in [0.3, 0.4) is 0 Å². The standard InChI is InChI=1S/C11H10N2O2/c14-11(15)7-1-4-9-10(5-7)13(6-12-9)8-2-3-8/h1,4-6,8H,2-3H2,(H,14,15). The van der Waals surface area contributed by atoms with Crippen LogP contribution >= 0.6 is 0 Å². The summed E-state index contributed by atoms with van der Waals surface area (Å²) in [6.07, 6.45) is 4.14. The van der Waals surface area contributed by atoms with E-state index in [4.69, 9.17) is 5.11 Å². The maximum Gasteiger partial charge on any atom is 0.335 e. The fourth-order valence-electron chi connectivity index (χ4n) is 1.80. The number of rotatable bonds is 2. The number of benzene rings is 1. The van der Waals surface area contributed by atoms with Crippen molar-refractivity contribution >= 4 is 17.0 Å². The molecule has 4 nitrogen and oxygen atoms in total. The first kappa shape index (κ1) is 8.47. The summed E-state index contributed by atoms with van der Waals surface area (Å²) in [7, 11) is 0. The third kappa shape index (κ3) is 1.29. The van der Waals surface area contributed by atoms with Crippen LogP contribution in [0.5, 0.6) is 0 Å². The van der Waals surface area contributed by atoms with E-state index in [-0.39, 0.29) is 0 Å². The van der Waals surface area contributed by atoms with E-state index in [0.717, 1.165) is 11.0 Å². The Morgan fingerprint density at radius 2 is 2.27 bits per heavy atom. The fourth-order valence-corrected chi connectivity index (χ4v) is 1.80. The number of carboxylic acid groups (broad SMARTS) is 1. The lowest BCUT2D eigenvalue weighted by molar-refractivity contribution is 0.0697. The summed E-state index contributed by atoms with van der Waals surface area (Å²) in [5.41, 5.74) is 2.12. The Balaban J connectivity index is 2.21. The van der Waals surface area contributed by atoms with Crippen molar-refractivity contribution in [3.8, 4) is 0 Å². The number of fused-ring (bicyclic) bond motifs is 1. The van der Waals surface area contributed by atoms with Crippen molar-refractivity contribution in [3.05, 3.63) is 30.1 Å². The maximum absolute atomic E-state index is 10.8. The second-order valence-corrected chi connectivity index (χ2v) is 3.89. The number of hydrogen-bond donors (Lipinski definition) is 1. The largest absolute Gasteiger partial charge is 0.478 e. The Kier molecular flexibility index (Phi) is 1.59. The highest BCUT2D eigenvalue weighted by molar-refractivity contribution is 5.92. The van der Waals surface area contributed by atoms with E-state index in [0.29, 0.717) is 11.6 Å². The smallest absolute Gasteiger partial charge is 0.335 e. The minimum atomic E-state index is -0.888. The highest BCUT2D eigenvalue weighted by Gasteiger charge is 2.25. The molecule has 0 spiro atoms. The summed E-state index contributed by atoms with van der Waals surface area (Å²) in [5, 5.41) is 8.90.